The van der Waals surface area contributed by atoms with Gasteiger partial charge in [0, 0.05) is 12.3 Å². The molecule has 68 valence electrons. The lowest BCUT2D eigenvalue weighted by atomic mass is 10.4. The Hall–Kier alpha value is -1.68. The van der Waals surface area contributed by atoms with Crippen molar-refractivity contribution in [1.29, 1.82) is 0 Å². The molecule has 0 aliphatic heterocycles. The molecule has 0 amide bonds. The van der Waals surface area contributed by atoms with Gasteiger partial charge in [-0.2, -0.15) is 0 Å². The molecule has 4 heteroatoms. The summed E-state index contributed by atoms with van der Waals surface area (Å²) in [5.41, 5.74) is 5.59. The summed E-state index contributed by atoms with van der Waals surface area (Å²) in [4.78, 5) is 8.09. The molecule has 0 unspecified atom stereocenters. The molecule has 0 spiro atoms. The fourth-order valence-electron chi connectivity index (χ4n) is 0.784. The second-order valence-corrected chi connectivity index (χ2v) is 2.42. The SMILES string of the molecule is C[NH2+]C=CC(N)=Nc1ccccn1. The Morgan fingerprint density at radius 1 is 1.62 bits per heavy atom. The summed E-state index contributed by atoms with van der Waals surface area (Å²) in [7, 11) is 1.92. The second kappa shape index (κ2) is 5.05. The molecule has 0 saturated carbocycles. The number of aliphatic imine (C=N–C) groups is 1. The highest BCUT2D eigenvalue weighted by Crippen LogP contribution is 2.03. The van der Waals surface area contributed by atoms with Crippen LogP contribution in [0.25, 0.3) is 0 Å². The number of aromatic nitrogens is 1. The van der Waals surface area contributed by atoms with Gasteiger partial charge < -0.3 is 11.1 Å². The van der Waals surface area contributed by atoms with E-state index in [4.69, 9.17) is 5.73 Å². The second-order valence-electron chi connectivity index (χ2n) is 2.42. The predicted molar refractivity (Wildman–Crippen MR) is 52.5 cm³/mol. The van der Waals surface area contributed by atoms with Gasteiger partial charge in [0.15, 0.2) is 5.82 Å². The molecule has 0 bridgehead atoms. The number of nitrogens with two attached hydrogens (primary N) is 2. The number of pyridine rings is 1. The van der Waals surface area contributed by atoms with Gasteiger partial charge in [-0.05, 0) is 12.1 Å². The lowest BCUT2D eigenvalue weighted by Gasteiger charge is -1.92. The Kier molecular flexibility index (Phi) is 3.66. The molecular weight excluding hydrogens is 164 g/mol. The van der Waals surface area contributed by atoms with E-state index in [2.05, 4.69) is 9.98 Å². The maximum Gasteiger partial charge on any atom is 0.154 e. The molecular formula is C9H13N4+. The third-order valence-corrected chi connectivity index (χ3v) is 1.35. The topological polar surface area (TPSA) is 67.9 Å². The van der Waals surface area contributed by atoms with Crippen molar-refractivity contribution in [2.75, 3.05) is 7.05 Å². The van der Waals surface area contributed by atoms with Gasteiger partial charge in [-0.15, -0.1) is 0 Å². The van der Waals surface area contributed by atoms with E-state index in [9.17, 15) is 0 Å². The largest absolute Gasteiger partial charge is 0.383 e. The fourth-order valence-corrected chi connectivity index (χ4v) is 0.784. The van der Waals surface area contributed by atoms with E-state index >= 15 is 0 Å². The van der Waals surface area contributed by atoms with E-state index in [1.54, 1.807) is 18.3 Å². The van der Waals surface area contributed by atoms with Gasteiger partial charge in [0.25, 0.3) is 0 Å². The van der Waals surface area contributed by atoms with Crippen molar-refractivity contribution in [3.63, 3.8) is 0 Å². The number of hydrogen-bond donors (Lipinski definition) is 2. The Morgan fingerprint density at radius 2 is 2.46 bits per heavy atom. The Balaban J connectivity index is 2.71. The molecule has 0 aromatic carbocycles. The van der Waals surface area contributed by atoms with Crippen LogP contribution in [-0.4, -0.2) is 17.9 Å². The molecule has 1 heterocycles. The third kappa shape index (κ3) is 3.48. The van der Waals surface area contributed by atoms with Crippen molar-refractivity contribution in [3.8, 4) is 0 Å². The van der Waals surface area contributed by atoms with Crippen molar-refractivity contribution < 1.29 is 5.32 Å². The van der Waals surface area contributed by atoms with Crippen LogP contribution in [0, 0.1) is 0 Å². The highest BCUT2D eigenvalue weighted by molar-refractivity contribution is 5.92. The van der Waals surface area contributed by atoms with Crippen molar-refractivity contribution in [2.24, 2.45) is 10.7 Å². The Morgan fingerprint density at radius 3 is 3.08 bits per heavy atom. The predicted octanol–water partition coefficient (Wildman–Crippen LogP) is -0.223. The van der Waals surface area contributed by atoms with Gasteiger partial charge in [-0.3, -0.25) is 0 Å². The number of quaternary nitrogens is 1. The standard InChI is InChI=1S/C9H12N4/c1-11-7-5-8(10)13-9-4-2-3-6-12-9/h2-7,11H,1H3,(H2,10,12,13)/p+1. The summed E-state index contributed by atoms with van der Waals surface area (Å²) in [6, 6.07) is 5.51. The first-order valence-corrected chi connectivity index (χ1v) is 4.04. The van der Waals surface area contributed by atoms with Gasteiger partial charge in [-0.25, -0.2) is 9.98 Å². The highest BCUT2D eigenvalue weighted by Gasteiger charge is 1.88. The summed E-state index contributed by atoms with van der Waals surface area (Å²) in [6.45, 7) is 0. The van der Waals surface area contributed by atoms with Gasteiger partial charge in [0.1, 0.15) is 5.84 Å². The summed E-state index contributed by atoms with van der Waals surface area (Å²) < 4.78 is 0. The van der Waals surface area contributed by atoms with Gasteiger partial charge in [0.05, 0.1) is 13.2 Å². The molecule has 4 N–H and O–H groups in total. The molecule has 0 saturated heterocycles. The zero-order valence-corrected chi connectivity index (χ0v) is 7.51. The normalized spacial score (nSPS) is 12.2. The van der Waals surface area contributed by atoms with E-state index in [1.165, 1.54) is 0 Å². The van der Waals surface area contributed by atoms with Crippen LogP contribution < -0.4 is 11.1 Å². The maximum atomic E-state index is 5.59. The third-order valence-electron chi connectivity index (χ3n) is 1.35. The highest BCUT2D eigenvalue weighted by atomic mass is 14.9. The van der Waals surface area contributed by atoms with Crippen molar-refractivity contribution in [2.45, 2.75) is 0 Å². The molecule has 13 heavy (non-hydrogen) atoms. The molecule has 1 aromatic rings. The Labute approximate surface area is 77.2 Å². The van der Waals surface area contributed by atoms with Crippen LogP contribution in [0.5, 0.6) is 0 Å². The van der Waals surface area contributed by atoms with E-state index in [1.807, 2.05) is 30.7 Å². The molecule has 0 atom stereocenters. The minimum Gasteiger partial charge on any atom is -0.383 e. The first-order valence-electron chi connectivity index (χ1n) is 4.04. The number of nitrogens with zero attached hydrogens (tertiary/aromatic N) is 2. The van der Waals surface area contributed by atoms with E-state index in [0.717, 1.165) is 0 Å². The zero-order chi connectivity index (χ0) is 9.52. The van der Waals surface area contributed by atoms with Crippen LogP contribution >= 0.6 is 0 Å². The average molecular weight is 177 g/mol. The van der Waals surface area contributed by atoms with Gasteiger partial charge in [-0.1, -0.05) is 6.07 Å². The van der Waals surface area contributed by atoms with Crippen LogP contribution in [0.2, 0.25) is 0 Å². The van der Waals surface area contributed by atoms with Crippen molar-refractivity contribution >= 4 is 11.7 Å². The van der Waals surface area contributed by atoms with Crippen LogP contribution in [-0.2, 0) is 0 Å². The Bertz CT molecular complexity index is 303. The quantitative estimate of drug-likeness (QED) is 0.495. The summed E-state index contributed by atoms with van der Waals surface area (Å²) >= 11 is 0. The molecule has 1 rings (SSSR count). The van der Waals surface area contributed by atoms with Gasteiger partial charge in [0.2, 0.25) is 0 Å². The van der Waals surface area contributed by atoms with Crippen LogP contribution in [0.4, 0.5) is 5.82 Å². The summed E-state index contributed by atoms with van der Waals surface area (Å²) in [5, 5.41) is 1.89. The molecule has 0 fully saturated rings. The number of rotatable bonds is 3. The van der Waals surface area contributed by atoms with E-state index in [0.29, 0.717) is 11.7 Å². The zero-order valence-electron chi connectivity index (χ0n) is 7.51. The lowest BCUT2D eigenvalue weighted by molar-refractivity contribution is -0.556. The molecule has 0 aliphatic rings. The van der Waals surface area contributed by atoms with Crippen molar-refractivity contribution in [3.05, 3.63) is 36.7 Å². The van der Waals surface area contributed by atoms with Crippen LogP contribution in [0.15, 0.2) is 41.7 Å². The minimum absolute atomic E-state index is 0.455. The fraction of sp³-hybridized carbons (Fsp3) is 0.111. The number of amidine groups is 1. The summed E-state index contributed by atoms with van der Waals surface area (Å²) in [6.07, 6.45) is 5.25. The molecule has 0 aliphatic carbocycles. The molecule has 1 aromatic heterocycles. The van der Waals surface area contributed by atoms with Crippen LogP contribution in [0.3, 0.4) is 0 Å². The van der Waals surface area contributed by atoms with E-state index < -0.39 is 0 Å². The molecule has 0 radical (unpaired) electrons. The lowest BCUT2D eigenvalue weighted by Crippen LogP contribution is -2.72. The summed E-state index contributed by atoms with van der Waals surface area (Å²) in [5.74, 6) is 1.08. The van der Waals surface area contributed by atoms with Crippen LogP contribution in [0.1, 0.15) is 0 Å². The van der Waals surface area contributed by atoms with Gasteiger partial charge >= 0.3 is 0 Å². The average Bonchev–Trinajstić information content (AvgIpc) is 2.16. The minimum atomic E-state index is 0.455. The first kappa shape index (κ1) is 9.41. The van der Waals surface area contributed by atoms with Crippen molar-refractivity contribution in [1.82, 2.24) is 4.98 Å². The first-order chi connectivity index (χ1) is 6.33. The van der Waals surface area contributed by atoms with E-state index in [-0.39, 0.29) is 0 Å². The number of hydrogen-bond acceptors (Lipinski definition) is 2. The maximum absolute atomic E-state index is 5.59. The monoisotopic (exact) mass is 177 g/mol. The molecule has 4 nitrogen and oxygen atoms in total. The smallest absolute Gasteiger partial charge is 0.154 e.